The molecule has 2 N–H and O–H groups in total. The van der Waals surface area contributed by atoms with Gasteiger partial charge in [0.2, 0.25) is 0 Å². The number of aryl methyl sites for hydroxylation is 1. The SMILES string of the molecule is CCN(CC)c1ccc(OB(O)O)cc1C. The Morgan fingerprint density at radius 2 is 1.88 bits per heavy atom. The van der Waals surface area contributed by atoms with Crippen LogP contribution in [0.3, 0.4) is 0 Å². The van der Waals surface area contributed by atoms with Crippen molar-refractivity contribution in [2.75, 3.05) is 18.0 Å². The second-order valence-corrected chi connectivity index (χ2v) is 3.56. The Morgan fingerprint density at radius 3 is 2.31 bits per heavy atom. The molecule has 5 heteroatoms. The van der Waals surface area contributed by atoms with Gasteiger partial charge in [0, 0.05) is 18.8 Å². The van der Waals surface area contributed by atoms with E-state index in [2.05, 4.69) is 18.7 Å². The first-order valence-corrected chi connectivity index (χ1v) is 5.46. The van der Waals surface area contributed by atoms with Crippen molar-refractivity contribution in [2.45, 2.75) is 20.8 Å². The molecule has 16 heavy (non-hydrogen) atoms. The molecule has 0 unspecified atom stereocenters. The smallest absolute Gasteiger partial charge is 0.512 e. The van der Waals surface area contributed by atoms with E-state index in [4.69, 9.17) is 14.7 Å². The number of benzene rings is 1. The van der Waals surface area contributed by atoms with Crippen LogP contribution in [0.5, 0.6) is 5.75 Å². The zero-order chi connectivity index (χ0) is 12.1. The number of hydrogen-bond donors (Lipinski definition) is 2. The summed E-state index contributed by atoms with van der Waals surface area (Å²) in [6.07, 6.45) is 0. The fourth-order valence-corrected chi connectivity index (χ4v) is 1.74. The number of anilines is 1. The molecule has 0 saturated heterocycles. The number of rotatable bonds is 5. The number of hydrogen-bond acceptors (Lipinski definition) is 4. The van der Waals surface area contributed by atoms with E-state index < -0.39 is 7.32 Å². The normalized spacial score (nSPS) is 10.1. The second-order valence-electron chi connectivity index (χ2n) is 3.56. The molecule has 0 radical (unpaired) electrons. The summed E-state index contributed by atoms with van der Waals surface area (Å²) in [5.41, 5.74) is 2.20. The van der Waals surface area contributed by atoms with Crippen LogP contribution in [-0.2, 0) is 0 Å². The Morgan fingerprint density at radius 1 is 1.25 bits per heavy atom. The third-order valence-corrected chi connectivity index (χ3v) is 2.51. The van der Waals surface area contributed by atoms with E-state index in [-0.39, 0.29) is 0 Å². The Hall–Kier alpha value is -1.20. The molecule has 0 aliphatic heterocycles. The minimum atomic E-state index is -1.77. The van der Waals surface area contributed by atoms with E-state index in [1.54, 1.807) is 12.1 Å². The van der Waals surface area contributed by atoms with Crippen LogP contribution in [0.4, 0.5) is 5.69 Å². The maximum atomic E-state index is 8.69. The van der Waals surface area contributed by atoms with E-state index in [9.17, 15) is 0 Å². The largest absolute Gasteiger partial charge is 0.707 e. The molecule has 88 valence electrons. The fraction of sp³-hybridized carbons (Fsp3) is 0.455. The highest BCUT2D eigenvalue weighted by atomic mass is 16.6. The molecule has 0 spiro atoms. The molecule has 1 aromatic rings. The maximum absolute atomic E-state index is 8.69. The quantitative estimate of drug-likeness (QED) is 0.736. The first-order chi connectivity index (χ1) is 7.58. The fourth-order valence-electron chi connectivity index (χ4n) is 1.74. The Labute approximate surface area is 96.6 Å². The zero-order valence-electron chi connectivity index (χ0n) is 9.97. The van der Waals surface area contributed by atoms with E-state index in [1.165, 1.54) is 0 Å². The van der Waals surface area contributed by atoms with Crippen molar-refractivity contribution < 1.29 is 14.7 Å². The lowest BCUT2D eigenvalue weighted by atomic mass is 10.1. The van der Waals surface area contributed by atoms with Gasteiger partial charge in [-0.2, -0.15) is 0 Å². The molecule has 0 fully saturated rings. The molecule has 0 amide bonds. The van der Waals surface area contributed by atoms with Crippen LogP contribution in [0.15, 0.2) is 18.2 Å². The van der Waals surface area contributed by atoms with E-state index in [0.717, 1.165) is 24.3 Å². The average Bonchev–Trinajstić information content (AvgIpc) is 2.21. The minimum Gasteiger partial charge on any atom is -0.512 e. The van der Waals surface area contributed by atoms with Crippen LogP contribution in [-0.4, -0.2) is 30.5 Å². The van der Waals surface area contributed by atoms with Gasteiger partial charge in [-0.3, -0.25) is 0 Å². The minimum absolute atomic E-state index is 0.461. The van der Waals surface area contributed by atoms with E-state index in [1.807, 2.05) is 13.0 Å². The third-order valence-electron chi connectivity index (χ3n) is 2.51. The molecule has 0 aromatic heterocycles. The Balaban J connectivity index is 2.90. The molecule has 0 aliphatic carbocycles. The molecule has 0 saturated carbocycles. The van der Waals surface area contributed by atoms with Gasteiger partial charge in [-0.05, 0) is 44.5 Å². The lowest BCUT2D eigenvalue weighted by Gasteiger charge is -2.23. The van der Waals surface area contributed by atoms with Crippen LogP contribution >= 0.6 is 0 Å². The lowest BCUT2D eigenvalue weighted by Crippen LogP contribution is -2.23. The average molecular weight is 223 g/mol. The Kier molecular flexibility index (Phi) is 4.64. The summed E-state index contributed by atoms with van der Waals surface area (Å²) in [6.45, 7) is 8.07. The van der Waals surface area contributed by atoms with Crippen molar-refractivity contribution in [1.82, 2.24) is 0 Å². The van der Waals surface area contributed by atoms with Gasteiger partial charge in [-0.15, -0.1) is 0 Å². The van der Waals surface area contributed by atoms with Gasteiger partial charge in [0.05, 0.1) is 0 Å². The highest BCUT2D eigenvalue weighted by Crippen LogP contribution is 2.24. The zero-order valence-corrected chi connectivity index (χ0v) is 9.97. The van der Waals surface area contributed by atoms with Crippen molar-refractivity contribution in [3.8, 4) is 5.75 Å². The molecule has 0 atom stereocenters. The molecular formula is C11H18BNO3. The van der Waals surface area contributed by atoms with Crippen LogP contribution in [0.2, 0.25) is 0 Å². The summed E-state index contributed by atoms with van der Waals surface area (Å²) in [5, 5.41) is 17.4. The molecular weight excluding hydrogens is 205 g/mol. The maximum Gasteiger partial charge on any atom is 0.707 e. The van der Waals surface area contributed by atoms with Crippen LogP contribution in [0.25, 0.3) is 0 Å². The van der Waals surface area contributed by atoms with Gasteiger partial charge in [-0.25, -0.2) is 0 Å². The van der Waals surface area contributed by atoms with Gasteiger partial charge >= 0.3 is 7.32 Å². The van der Waals surface area contributed by atoms with Crippen LogP contribution in [0.1, 0.15) is 19.4 Å². The van der Waals surface area contributed by atoms with Crippen molar-refractivity contribution >= 4 is 13.0 Å². The van der Waals surface area contributed by atoms with Gasteiger partial charge in [0.1, 0.15) is 5.75 Å². The molecule has 0 bridgehead atoms. The summed E-state index contributed by atoms with van der Waals surface area (Å²) < 4.78 is 4.79. The van der Waals surface area contributed by atoms with Crippen LogP contribution in [0, 0.1) is 6.92 Å². The molecule has 1 rings (SSSR count). The first kappa shape index (κ1) is 12.9. The predicted octanol–water partition coefficient (Wildman–Crippen LogP) is 1.19. The second kappa shape index (κ2) is 5.77. The number of nitrogens with zero attached hydrogens (tertiary/aromatic N) is 1. The highest BCUT2D eigenvalue weighted by molar-refractivity contribution is 6.33. The summed E-state index contributed by atoms with van der Waals surface area (Å²) in [6, 6.07) is 5.47. The predicted molar refractivity (Wildman–Crippen MR) is 65.6 cm³/mol. The summed E-state index contributed by atoms with van der Waals surface area (Å²) in [4.78, 5) is 2.23. The van der Waals surface area contributed by atoms with Gasteiger partial charge < -0.3 is 19.6 Å². The molecule has 1 aromatic carbocycles. The third kappa shape index (κ3) is 3.15. The summed E-state index contributed by atoms with van der Waals surface area (Å²) in [5.74, 6) is 0.461. The highest BCUT2D eigenvalue weighted by Gasteiger charge is 2.12. The summed E-state index contributed by atoms with van der Waals surface area (Å²) >= 11 is 0. The molecule has 0 heterocycles. The van der Waals surface area contributed by atoms with Crippen LogP contribution < -0.4 is 9.55 Å². The monoisotopic (exact) mass is 223 g/mol. The van der Waals surface area contributed by atoms with Crippen molar-refractivity contribution in [3.05, 3.63) is 23.8 Å². The lowest BCUT2D eigenvalue weighted by molar-refractivity contribution is 0.288. The van der Waals surface area contributed by atoms with E-state index >= 15 is 0 Å². The summed E-state index contributed by atoms with van der Waals surface area (Å²) in [7, 11) is -1.77. The molecule has 4 nitrogen and oxygen atoms in total. The van der Waals surface area contributed by atoms with Crippen molar-refractivity contribution in [2.24, 2.45) is 0 Å². The topological polar surface area (TPSA) is 52.9 Å². The van der Waals surface area contributed by atoms with Gasteiger partial charge in [-0.1, -0.05) is 0 Å². The molecule has 0 aliphatic rings. The van der Waals surface area contributed by atoms with E-state index in [0.29, 0.717) is 5.75 Å². The first-order valence-electron chi connectivity index (χ1n) is 5.46. The van der Waals surface area contributed by atoms with Crippen molar-refractivity contribution in [3.63, 3.8) is 0 Å². The van der Waals surface area contributed by atoms with Gasteiger partial charge in [0.25, 0.3) is 0 Å². The Bertz CT molecular complexity index is 340. The van der Waals surface area contributed by atoms with Crippen molar-refractivity contribution in [1.29, 1.82) is 0 Å². The van der Waals surface area contributed by atoms with Gasteiger partial charge in [0.15, 0.2) is 0 Å². The standard InChI is InChI=1S/C11H18BNO3/c1-4-13(5-2)11-7-6-10(8-9(11)3)16-12(14)15/h6-8,14-15H,4-5H2,1-3H3.